The van der Waals surface area contributed by atoms with Gasteiger partial charge in [0.05, 0.1) is 18.6 Å². The lowest BCUT2D eigenvalue weighted by molar-refractivity contribution is -0.139. The smallest absolute Gasteiger partial charge is 0.328 e. The number of aliphatic hydroxyl groups excluding tert-OH is 1. The highest BCUT2D eigenvalue weighted by atomic mass is 16.5. The molecule has 1 heterocycles. The third kappa shape index (κ3) is 7.18. The largest absolute Gasteiger partial charge is 0.480 e. The molecular weight excluding hydrogens is 334 g/mol. The van der Waals surface area contributed by atoms with E-state index in [-0.39, 0.29) is 18.2 Å². The third-order valence-corrected chi connectivity index (χ3v) is 3.21. The minimum absolute atomic E-state index is 0.0797. The summed E-state index contributed by atoms with van der Waals surface area (Å²) >= 11 is 0. The van der Waals surface area contributed by atoms with Crippen molar-refractivity contribution < 1.29 is 29.7 Å². The van der Waals surface area contributed by atoms with Crippen molar-refractivity contribution in [3.63, 3.8) is 0 Å². The maximum Gasteiger partial charge on any atom is 0.328 e. The van der Waals surface area contributed by atoms with Crippen LogP contribution in [-0.2, 0) is 4.79 Å². The van der Waals surface area contributed by atoms with E-state index in [0.29, 0.717) is 6.42 Å². The van der Waals surface area contributed by atoms with Gasteiger partial charge in [-0.1, -0.05) is 13.8 Å². The lowest BCUT2D eigenvalue weighted by Gasteiger charge is -2.23. The van der Waals surface area contributed by atoms with Crippen LogP contribution in [0.15, 0.2) is 12.5 Å². The van der Waals surface area contributed by atoms with E-state index in [0.717, 1.165) is 0 Å². The number of hydrogen-bond acceptors (Lipinski definition) is 6. The van der Waals surface area contributed by atoms with Gasteiger partial charge in [-0.25, -0.2) is 14.6 Å². The van der Waals surface area contributed by atoms with Crippen LogP contribution in [-0.4, -0.2) is 68.1 Å². The van der Waals surface area contributed by atoms with E-state index in [9.17, 15) is 24.6 Å². The number of hydrogen-bond donors (Lipinski definition) is 7. The fraction of sp³-hybridized carbons (Fsp3) is 0.571. The molecular formula is C14H23N5O6. The van der Waals surface area contributed by atoms with Crippen molar-refractivity contribution in [1.29, 1.82) is 0 Å². The van der Waals surface area contributed by atoms with Gasteiger partial charge in [-0.05, 0) is 12.3 Å². The highest BCUT2D eigenvalue weighted by Gasteiger charge is 2.25. The Labute approximate surface area is 143 Å². The topological polar surface area (TPSA) is 177 Å². The lowest BCUT2D eigenvalue weighted by atomic mass is 10.0. The van der Waals surface area contributed by atoms with Gasteiger partial charge in [-0.3, -0.25) is 4.79 Å². The zero-order valence-electron chi connectivity index (χ0n) is 13.9. The van der Waals surface area contributed by atoms with Gasteiger partial charge in [0.25, 0.3) is 5.91 Å². The molecule has 3 amide bonds. The number of carboxylic acids is 1. The number of aliphatic carboxylic acids is 1. The summed E-state index contributed by atoms with van der Waals surface area (Å²) in [4.78, 5) is 41.1. The quantitative estimate of drug-likeness (QED) is 0.266. The number of aromatic nitrogens is 2. The van der Waals surface area contributed by atoms with Crippen LogP contribution in [0.5, 0.6) is 0 Å². The number of aliphatic hydroxyl groups is 2. The average Bonchev–Trinajstić information content (AvgIpc) is 3.04. The number of aromatic amines is 1. The zero-order chi connectivity index (χ0) is 19.0. The van der Waals surface area contributed by atoms with Crippen molar-refractivity contribution in [2.24, 2.45) is 5.92 Å². The van der Waals surface area contributed by atoms with Gasteiger partial charge in [0.15, 0.2) is 6.29 Å². The van der Waals surface area contributed by atoms with Crippen LogP contribution in [0.25, 0.3) is 0 Å². The number of urea groups is 1. The Balaban J connectivity index is 2.57. The summed E-state index contributed by atoms with van der Waals surface area (Å²) < 4.78 is 0. The Morgan fingerprint density at radius 3 is 2.40 bits per heavy atom. The number of nitrogens with zero attached hydrogens (tertiary/aromatic N) is 1. The summed E-state index contributed by atoms with van der Waals surface area (Å²) in [6, 6.07) is -3.24. The predicted octanol–water partition coefficient (Wildman–Crippen LogP) is -1.38. The Hall–Kier alpha value is -2.66. The molecule has 11 nitrogen and oxygen atoms in total. The SMILES string of the molecule is CC(C)C[C@H](NC(=O)N[C@@H](CNC(=O)c1cnc[nH]1)C(=O)O)C(O)O. The number of nitrogens with one attached hydrogen (secondary N) is 4. The number of rotatable bonds is 9. The molecule has 2 atom stereocenters. The van der Waals surface area contributed by atoms with Crippen LogP contribution in [0.2, 0.25) is 0 Å². The average molecular weight is 357 g/mol. The fourth-order valence-corrected chi connectivity index (χ4v) is 2.00. The molecule has 0 aliphatic heterocycles. The van der Waals surface area contributed by atoms with E-state index < -0.39 is 36.3 Å². The normalized spacial score (nSPS) is 13.4. The molecule has 25 heavy (non-hydrogen) atoms. The van der Waals surface area contributed by atoms with Crippen molar-refractivity contribution in [1.82, 2.24) is 25.9 Å². The molecule has 11 heteroatoms. The molecule has 0 spiro atoms. The van der Waals surface area contributed by atoms with Gasteiger partial charge in [-0.2, -0.15) is 0 Å². The van der Waals surface area contributed by atoms with Gasteiger partial charge in [0.1, 0.15) is 11.7 Å². The summed E-state index contributed by atoms with van der Waals surface area (Å²) in [6.07, 6.45) is 1.07. The van der Waals surface area contributed by atoms with Gasteiger partial charge in [0.2, 0.25) is 0 Å². The Morgan fingerprint density at radius 2 is 1.92 bits per heavy atom. The van der Waals surface area contributed by atoms with Crippen LogP contribution in [0.3, 0.4) is 0 Å². The van der Waals surface area contributed by atoms with E-state index in [1.54, 1.807) is 0 Å². The van der Waals surface area contributed by atoms with E-state index >= 15 is 0 Å². The first-order valence-electron chi connectivity index (χ1n) is 7.63. The molecule has 0 fully saturated rings. The molecule has 1 aromatic heterocycles. The molecule has 140 valence electrons. The van der Waals surface area contributed by atoms with E-state index in [2.05, 4.69) is 25.9 Å². The molecule has 0 unspecified atom stereocenters. The van der Waals surface area contributed by atoms with Gasteiger partial charge < -0.3 is 36.3 Å². The van der Waals surface area contributed by atoms with Crippen LogP contribution < -0.4 is 16.0 Å². The molecule has 7 N–H and O–H groups in total. The maximum absolute atomic E-state index is 11.9. The first-order valence-corrected chi connectivity index (χ1v) is 7.63. The number of H-pyrrole nitrogens is 1. The van der Waals surface area contributed by atoms with Crippen LogP contribution in [0.4, 0.5) is 4.79 Å². The second-order valence-electron chi connectivity index (χ2n) is 5.83. The number of carboxylic acid groups (broad SMARTS) is 1. The van der Waals surface area contributed by atoms with Crippen molar-refractivity contribution in [2.45, 2.75) is 38.6 Å². The van der Waals surface area contributed by atoms with Crippen molar-refractivity contribution in [3.8, 4) is 0 Å². The first-order chi connectivity index (χ1) is 11.7. The standard InChI is InChI=1S/C14H23N5O6/c1-7(2)3-8(12(21)22)18-14(25)19-10(13(23)24)5-16-11(20)9-4-15-6-17-9/h4,6-8,10,12,21-22H,3,5H2,1-2H3,(H,15,17)(H,16,20)(H,23,24)(H2,18,19,25)/t8-,10-/m0/s1. The molecule has 0 bridgehead atoms. The highest BCUT2D eigenvalue weighted by Crippen LogP contribution is 2.07. The summed E-state index contributed by atoms with van der Waals surface area (Å²) in [5, 5.41) is 34.5. The van der Waals surface area contributed by atoms with E-state index in [1.165, 1.54) is 12.5 Å². The monoisotopic (exact) mass is 357 g/mol. The minimum Gasteiger partial charge on any atom is -0.480 e. The highest BCUT2D eigenvalue weighted by molar-refractivity contribution is 5.92. The molecule has 0 radical (unpaired) electrons. The van der Waals surface area contributed by atoms with Crippen molar-refractivity contribution >= 4 is 17.9 Å². The van der Waals surface area contributed by atoms with Crippen LogP contribution in [0.1, 0.15) is 30.8 Å². The molecule has 0 saturated heterocycles. The van der Waals surface area contributed by atoms with Crippen LogP contribution in [0, 0.1) is 5.92 Å². The summed E-state index contributed by atoms with van der Waals surface area (Å²) in [5.74, 6) is -1.85. The number of carbonyl (C=O) groups is 3. The van der Waals surface area contributed by atoms with Gasteiger partial charge in [0, 0.05) is 6.54 Å². The molecule has 0 aromatic carbocycles. The summed E-state index contributed by atoms with van der Waals surface area (Å²) in [5.41, 5.74) is 0.147. The molecule has 1 rings (SSSR count). The molecule has 1 aromatic rings. The summed E-state index contributed by atoms with van der Waals surface area (Å²) in [7, 11) is 0. The lowest BCUT2D eigenvalue weighted by Crippen LogP contribution is -2.55. The number of carbonyl (C=O) groups excluding carboxylic acids is 2. The van der Waals surface area contributed by atoms with E-state index in [1.807, 2.05) is 13.8 Å². The zero-order valence-corrected chi connectivity index (χ0v) is 13.9. The van der Waals surface area contributed by atoms with Crippen molar-refractivity contribution in [3.05, 3.63) is 18.2 Å². The van der Waals surface area contributed by atoms with E-state index in [4.69, 9.17) is 5.11 Å². The first kappa shape index (κ1) is 20.4. The number of imidazole rings is 1. The van der Waals surface area contributed by atoms with Gasteiger partial charge in [-0.15, -0.1) is 0 Å². The maximum atomic E-state index is 11.9. The molecule has 0 aliphatic rings. The summed E-state index contributed by atoms with van der Waals surface area (Å²) in [6.45, 7) is 3.30. The Bertz CT molecular complexity index is 574. The van der Waals surface area contributed by atoms with Crippen molar-refractivity contribution in [2.75, 3.05) is 6.54 Å². The predicted molar refractivity (Wildman–Crippen MR) is 85.5 cm³/mol. The third-order valence-electron chi connectivity index (χ3n) is 3.21. The second kappa shape index (κ2) is 9.59. The van der Waals surface area contributed by atoms with Crippen LogP contribution >= 0.6 is 0 Å². The minimum atomic E-state index is -1.78. The number of amides is 3. The van der Waals surface area contributed by atoms with Gasteiger partial charge >= 0.3 is 12.0 Å². The molecule has 0 saturated carbocycles. The Morgan fingerprint density at radius 1 is 1.24 bits per heavy atom. The second-order valence-corrected chi connectivity index (χ2v) is 5.83. The Kier molecular flexibility index (Phi) is 7.82. The fourth-order valence-electron chi connectivity index (χ4n) is 2.00. The molecule has 0 aliphatic carbocycles.